The molecule has 2 aromatic rings. The van der Waals surface area contributed by atoms with Crippen molar-refractivity contribution in [1.29, 1.82) is 0 Å². The number of aromatic nitrogens is 2. The van der Waals surface area contributed by atoms with Gasteiger partial charge in [0.05, 0.1) is 5.52 Å². The average Bonchev–Trinajstić information content (AvgIpc) is 2.46. The first kappa shape index (κ1) is 9.14. The summed E-state index contributed by atoms with van der Waals surface area (Å²) in [4.78, 5) is 14.4. The summed E-state index contributed by atoms with van der Waals surface area (Å²) in [6.07, 6.45) is 0. The zero-order chi connectivity index (χ0) is 10.3. The first-order valence-electron chi connectivity index (χ1n) is 3.67. The highest BCUT2D eigenvalue weighted by molar-refractivity contribution is 9.10. The summed E-state index contributed by atoms with van der Waals surface area (Å²) in [6.45, 7) is 0. The Morgan fingerprint density at radius 3 is 2.93 bits per heavy atom. The third kappa shape index (κ3) is 1.19. The van der Waals surface area contributed by atoms with Gasteiger partial charge >= 0.3 is 5.97 Å². The summed E-state index contributed by atoms with van der Waals surface area (Å²) in [7, 11) is 0. The van der Waals surface area contributed by atoms with E-state index in [9.17, 15) is 9.18 Å². The summed E-state index contributed by atoms with van der Waals surface area (Å²) >= 11 is 3.06. The largest absolute Gasteiger partial charge is 0.475 e. The van der Waals surface area contributed by atoms with Crippen molar-refractivity contribution < 1.29 is 14.3 Å². The van der Waals surface area contributed by atoms with Crippen LogP contribution in [-0.4, -0.2) is 20.5 Å². The third-order valence-electron chi connectivity index (χ3n) is 1.76. The van der Waals surface area contributed by atoms with Crippen LogP contribution < -0.4 is 0 Å². The number of aromatic carboxylic acids is 1. The molecule has 0 unspecified atom stereocenters. The lowest BCUT2D eigenvalue weighted by Gasteiger charge is -1.97. The molecule has 0 aliphatic heterocycles. The molecule has 14 heavy (non-hydrogen) atoms. The second-order valence-electron chi connectivity index (χ2n) is 2.60. The van der Waals surface area contributed by atoms with Crippen LogP contribution in [0.15, 0.2) is 22.8 Å². The minimum Gasteiger partial charge on any atom is -0.475 e. The van der Waals surface area contributed by atoms with E-state index in [1.165, 1.54) is 12.1 Å². The predicted molar refractivity (Wildman–Crippen MR) is 49.8 cm³/mol. The first-order valence-corrected chi connectivity index (χ1v) is 4.46. The van der Waals surface area contributed by atoms with Gasteiger partial charge in [0.1, 0.15) is 4.60 Å². The van der Waals surface area contributed by atoms with E-state index in [1.54, 1.807) is 6.07 Å². The molecule has 4 nitrogen and oxygen atoms in total. The number of fused-ring (bicyclic) bond motifs is 1. The Morgan fingerprint density at radius 2 is 2.29 bits per heavy atom. The predicted octanol–water partition coefficient (Wildman–Crippen LogP) is 1.93. The molecule has 0 aliphatic rings. The van der Waals surface area contributed by atoms with Gasteiger partial charge in [-0.1, -0.05) is 6.07 Å². The number of hydrogen-bond acceptors (Lipinski definition) is 2. The number of carboxylic acid groups (broad SMARTS) is 1. The fourth-order valence-electron chi connectivity index (χ4n) is 1.20. The molecule has 2 heterocycles. The number of rotatable bonds is 1. The molecule has 0 saturated heterocycles. The third-order valence-corrected chi connectivity index (χ3v) is 2.34. The summed E-state index contributed by atoms with van der Waals surface area (Å²) < 4.78 is 14.5. The van der Waals surface area contributed by atoms with E-state index in [4.69, 9.17) is 5.11 Å². The van der Waals surface area contributed by atoms with Crippen LogP contribution in [0.25, 0.3) is 5.52 Å². The van der Waals surface area contributed by atoms with E-state index < -0.39 is 11.9 Å². The Balaban J connectivity index is 2.93. The summed E-state index contributed by atoms with van der Waals surface area (Å²) in [6, 6.07) is 4.24. The molecule has 2 aromatic heterocycles. The maximum absolute atomic E-state index is 13.3. The molecule has 6 heteroatoms. The molecule has 1 N–H and O–H groups in total. The van der Waals surface area contributed by atoms with Crippen molar-refractivity contribution in [2.45, 2.75) is 0 Å². The first-order chi connectivity index (χ1) is 6.61. The van der Waals surface area contributed by atoms with Crippen LogP contribution in [0.2, 0.25) is 0 Å². The molecule has 0 fully saturated rings. The van der Waals surface area contributed by atoms with Crippen LogP contribution in [0.5, 0.6) is 0 Å². The molecule has 0 saturated carbocycles. The van der Waals surface area contributed by atoms with Crippen LogP contribution in [0.3, 0.4) is 0 Å². The van der Waals surface area contributed by atoms with Gasteiger partial charge in [0.2, 0.25) is 5.82 Å². The van der Waals surface area contributed by atoms with Crippen molar-refractivity contribution >= 4 is 27.4 Å². The molecule has 0 atom stereocenters. The summed E-state index contributed by atoms with van der Waals surface area (Å²) in [5.74, 6) is -2.26. The topological polar surface area (TPSA) is 54.6 Å². The van der Waals surface area contributed by atoms with E-state index in [2.05, 4.69) is 20.9 Å². The van der Waals surface area contributed by atoms with Gasteiger partial charge in [-0.05, 0) is 28.1 Å². The van der Waals surface area contributed by atoms with Crippen LogP contribution >= 0.6 is 15.9 Å². The minimum atomic E-state index is -1.27. The fourth-order valence-corrected chi connectivity index (χ4v) is 1.68. The highest BCUT2D eigenvalue weighted by Crippen LogP contribution is 2.20. The Morgan fingerprint density at radius 1 is 1.57 bits per heavy atom. The lowest BCUT2D eigenvalue weighted by atomic mass is 10.4. The maximum atomic E-state index is 13.3. The van der Waals surface area contributed by atoms with Gasteiger partial charge in [-0.25, -0.2) is 9.78 Å². The van der Waals surface area contributed by atoms with E-state index in [1.807, 2.05) is 0 Å². The number of carbonyl (C=O) groups is 1. The van der Waals surface area contributed by atoms with Gasteiger partial charge in [-0.15, -0.1) is 0 Å². The lowest BCUT2D eigenvalue weighted by molar-refractivity contribution is 0.0681. The zero-order valence-corrected chi connectivity index (χ0v) is 8.32. The SMILES string of the molecule is O=C(O)c1nc(Br)c2cccc(F)n12. The number of pyridine rings is 1. The van der Waals surface area contributed by atoms with Gasteiger partial charge in [0.25, 0.3) is 0 Å². The normalized spacial score (nSPS) is 10.7. The van der Waals surface area contributed by atoms with Crippen molar-refractivity contribution in [3.63, 3.8) is 0 Å². The van der Waals surface area contributed by atoms with E-state index in [0.29, 0.717) is 10.1 Å². The van der Waals surface area contributed by atoms with E-state index in [0.717, 1.165) is 4.40 Å². The van der Waals surface area contributed by atoms with E-state index in [-0.39, 0.29) is 5.82 Å². The monoisotopic (exact) mass is 258 g/mol. The number of imidazole rings is 1. The van der Waals surface area contributed by atoms with Crippen molar-refractivity contribution in [1.82, 2.24) is 9.38 Å². The molecule has 72 valence electrons. The molecule has 0 aliphatic carbocycles. The van der Waals surface area contributed by atoms with Crippen LogP contribution in [-0.2, 0) is 0 Å². The molecule has 2 rings (SSSR count). The Kier molecular flexibility index (Phi) is 1.99. The Labute approximate surface area is 86.1 Å². The highest BCUT2D eigenvalue weighted by atomic mass is 79.9. The molecule has 0 spiro atoms. The van der Waals surface area contributed by atoms with Gasteiger partial charge in [-0.3, -0.25) is 4.40 Å². The van der Waals surface area contributed by atoms with Crippen molar-refractivity contribution in [3.05, 3.63) is 34.6 Å². The van der Waals surface area contributed by atoms with Gasteiger partial charge < -0.3 is 5.11 Å². The highest BCUT2D eigenvalue weighted by Gasteiger charge is 2.17. The standard InChI is InChI=1S/C8H4BrFN2O2/c9-6-4-2-1-3-5(10)12(4)7(11-6)8(13)14/h1-3H,(H,13,14). The minimum absolute atomic E-state index is 0.314. The summed E-state index contributed by atoms with van der Waals surface area (Å²) in [5, 5.41) is 8.75. The van der Waals surface area contributed by atoms with Crippen LogP contribution in [0.1, 0.15) is 10.6 Å². The Hall–Kier alpha value is -1.43. The smallest absolute Gasteiger partial charge is 0.372 e. The quantitative estimate of drug-likeness (QED) is 0.796. The second-order valence-corrected chi connectivity index (χ2v) is 3.35. The lowest BCUT2D eigenvalue weighted by Crippen LogP contribution is -2.05. The van der Waals surface area contributed by atoms with Crippen molar-refractivity contribution in [2.24, 2.45) is 0 Å². The maximum Gasteiger partial charge on any atom is 0.372 e. The zero-order valence-electron chi connectivity index (χ0n) is 6.74. The van der Waals surface area contributed by atoms with Crippen LogP contribution in [0, 0.1) is 5.95 Å². The number of nitrogens with zero attached hydrogens (tertiary/aromatic N) is 2. The Bertz CT molecular complexity index is 523. The van der Waals surface area contributed by atoms with Crippen molar-refractivity contribution in [3.8, 4) is 0 Å². The average molecular weight is 259 g/mol. The van der Waals surface area contributed by atoms with E-state index >= 15 is 0 Å². The van der Waals surface area contributed by atoms with Gasteiger partial charge in [0.15, 0.2) is 5.95 Å². The molecular weight excluding hydrogens is 255 g/mol. The van der Waals surface area contributed by atoms with Gasteiger partial charge in [0, 0.05) is 0 Å². The van der Waals surface area contributed by atoms with Crippen molar-refractivity contribution in [2.75, 3.05) is 0 Å². The molecular formula is C8H4BrFN2O2. The number of hydrogen-bond donors (Lipinski definition) is 1. The van der Waals surface area contributed by atoms with Gasteiger partial charge in [-0.2, -0.15) is 4.39 Å². The summed E-state index contributed by atoms with van der Waals surface area (Å²) in [5.41, 5.74) is 0.391. The molecule has 0 amide bonds. The second kappa shape index (κ2) is 3.06. The number of halogens is 2. The molecule has 0 aromatic carbocycles. The molecule has 0 bridgehead atoms. The fraction of sp³-hybridized carbons (Fsp3) is 0. The van der Waals surface area contributed by atoms with Crippen LogP contribution in [0.4, 0.5) is 4.39 Å². The number of carboxylic acids is 1. The molecule has 0 radical (unpaired) electrons.